The van der Waals surface area contributed by atoms with Gasteiger partial charge in [0.2, 0.25) is 5.91 Å². The number of thiophene rings is 1. The first-order chi connectivity index (χ1) is 9.52. The van der Waals surface area contributed by atoms with Gasteiger partial charge < -0.3 is 10.1 Å². The van der Waals surface area contributed by atoms with Crippen LogP contribution in [0, 0.1) is 0 Å². The van der Waals surface area contributed by atoms with Gasteiger partial charge in [-0.15, -0.1) is 11.3 Å². The molecule has 0 aromatic carbocycles. The van der Waals surface area contributed by atoms with Crippen molar-refractivity contribution >= 4 is 33.4 Å². The maximum Gasteiger partial charge on any atom is 0.330 e. The quantitative estimate of drug-likeness (QED) is 0.810. The molecule has 20 heavy (non-hydrogen) atoms. The van der Waals surface area contributed by atoms with E-state index in [1.165, 1.54) is 36.3 Å². The summed E-state index contributed by atoms with van der Waals surface area (Å²) in [6, 6.07) is 0.755. The average Bonchev–Trinajstić information content (AvgIpc) is 2.88. The van der Waals surface area contributed by atoms with Crippen molar-refractivity contribution in [2.75, 3.05) is 7.11 Å². The molecule has 106 valence electrons. The average molecular weight is 295 g/mol. The number of aromatic nitrogens is 2. The van der Waals surface area contributed by atoms with E-state index in [2.05, 4.69) is 15.0 Å². The van der Waals surface area contributed by atoms with Gasteiger partial charge >= 0.3 is 5.97 Å². The van der Waals surface area contributed by atoms with E-state index in [0.29, 0.717) is 10.2 Å². The third-order valence-electron chi connectivity index (χ3n) is 2.69. The number of fused-ring (bicyclic) bond motifs is 1. The summed E-state index contributed by atoms with van der Waals surface area (Å²) in [6.07, 6.45) is 1.36. The van der Waals surface area contributed by atoms with Crippen LogP contribution in [-0.2, 0) is 20.9 Å². The number of hydrogen-bond donors (Lipinski definition) is 1. The highest BCUT2D eigenvalue weighted by Crippen LogP contribution is 2.13. The van der Waals surface area contributed by atoms with Gasteiger partial charge in [0.1, 0.15) is 10.9 Å². The van der Waals surface area contributed by atoms with Crippen molar-refractivity contribution in [1.29, 1.82) is 0 Å². The number of nitrogens with one attached hydrogen (secondary N) is 1. The van der Waals surface area contributed by atoms with Gasteiger partial charge in [0, 0.05) is 6.92 Å². The van der Waals surface area contributed by atoms with Crippen LogP contribution in [0.4, 0.5) is 0 Å². The molecule has 0 aliphatic rings. The summed E-state index contributed by atoms with van der Waals surface area (Å²) in [5.41, 5.74) is -0.254. The van der Waals surface area contributed by atoms with Gasteiger partial charge in [-0.2, -0.15) is 0 Å². The molecule has 7 nitrogen and oxygen atoms in total. The molecule has 2 heterocycles. The monoisotopic (exact) mass is 295 g/mol. The molecule has 0 saturated heterocycles. The van der Waals surface area contributed by atoms with E-state index in [1.54, 1.807) is 11.4 Å². The molecule has 1 atom stereocenters. The molecule has 0 aliphatic heterocycles. The van der Waals surface area contributed by atoms with Crippen molar-refractivity contribution in [3.8, 4) is 0 Å². The fourth-order valence-corrected chi connectivity index (χ4v) is 2.51. The molecule has 2 aromatic heterocycles. The molecule has 0 saturated carbocycles. The Bertz CT molecular complexity index is 706. The Hall–Kier alpha value is -2.22. The molecule has 2 rings (SSSR count). The minimum Gasteiger partial charge on any atom is -0.467 e. The van der Waals surface area contributed by atoms with Gasteiger partial charge in [-0.05, 0) is 11.4 Å². The molecule has 1 N–H and O–H groups in total. The van der Waals surface area contributed by atoms with Gasteiger partial charge in [-0.25, -0.2) is 9.78 Å². The van der Waals surface area contributed by atoms with Crippen molar-refractivity contribution in [1.82, 2.24) is 14.9 Å². The zero-order valence-electron chi connectivity index (χ0n) is 11.0. The highest BCUT2D eigenvalue weighted by atomic mass is 32.1. The summed E-state index contributed by atoms with van der Waals surface area (Å²) in [5, 5.41) is 4.71. The van der Waals surface area contributed by atoms with Gasteiger partial charge in [-0.1, -0.05) is 0 Å². The molecule has 8 heteroatoms. The van der Waals surface area contributed by atoms with E-state index in [9.17, 15) is 14.4 Å². The highest BCUT2D eigenvalue weighted by Gasteiger charge is 2.21. The van der Waals surface area contributed by atoms with Crippen molar-refractivity contribution in [2.45, 2.75) is 19.5 Å². The summed E-state index contributed by atoms with van der Waals surface area (Å²) in [5.74, 6) is -0.990. The molecule has 0 radical (unpaired) electrons. The van der Waals surface area contributed by atoms with Crippen molar-refractivity contribution < 1.29 is 14.3 Å². The van der Waals surface area contributed by atoms with Crippen molar-refractivity contribution in [3.63, 3.8) is 0 Å². The molecule has 0 spiro atoms. The van der Waals surface area contributed by atoms with E-state index in [-0.39, 0.29) is 18.0 Å². The third-order valence-corrected chi connectivity index (χ3v) is 3.51. The fraction of sp³-hybridized carbons (Fsp3) is 0.333. The van der Waals surface area contributed by atoms with Crippen molar-refractivity contribution in [3.05, 3.63) is 28.1 Å². The Morgan fingerprint density at radius 2 is 2.30 bits per heavy atom. The number of methoxy groups -OCH3 is 1. The maximum atomic E-state index is 12.2. The summed E-state index contributed by atoms with van der Waals surface area (Å²) in [4.78, 5) is 39.7. The van der Waals surface area contributed by atoms with E-state index in [1.807, 2.05) is 0 Å². The Kier molecular flexibility index (Phi) is 4.14. The Balaban J connectivity index is 2.32. The maximum absolute atomic E-state index is 12.2. The normalized spacial score (nSPS) is 12.1. The number of carbonyl (C=O) groups excluding carboxylic acids is 2. The third kappa shape index (κ3) is 2.85. The van der Waals surface area contributed by atoms with Gasteiger partial charge in [0.15, 0.2) is 0 Å². The van der Waals surface area contributed by atoms with E-state index in [0.717, 1.165) is 0 Å². The summed E-state index contributed by atoms with van der Waals surface area (Å²) >= 11 is 1.36. The van der Waals surface area contributed by atoms with Crippen molar-refractivity contribution in [2.24, 2.45) is 0 Å². The molecule has 0 bridgehead atoms. The van der Waals surface area contributed by atoms with Crippen LogP contribution in [0.25, 0.3) is 10.2 Å². The first-order valence-corrected chi connectivity index (χ1v) is 6.68. The molecule has 1 amide bonds. The number of hydrogen-bond acceptors (Lipinski definition) is 6. The SMILES string of the molecule is COC(=O)C(Cn1cnc2sccc2c1=O)NC(C)=O. The Morgan fingerprint density at radius 1 is 1.55 bits per heavy atom. The molecular formula is C12H13N3O4S. The topological polar surface area (TPSA) is 90.3 Å². The van der Waals surface area contributed by atoms with Crippen LogP contribution < -0.4 is 10.9 Å². The smallest absolute Gasteiger partial charge is 0.330 e. The second-order valence-electron chi connectivity index (χ2n) is 4.12. The number of nitrogens with zero attached hydrogens (tertiary/aromatic N) is 2. The predicted molar refractivity (Wildman–Crippen MR) is 73.5 cm³/mol. The Morgan fingerprint density at radius 3 is 2.95 bits per heavy atom. The van der Waals surface area contributed by atoms with Crippen LogP contribution in [0.3, 0.4) is 0 Å². The standard InChI is InChI=1S/C12H13N3O4S/c1-7(16)14-9(12(18)19-2)5-15-6-13-10-8(11(15)17)3-4-20-10/h3-4,6,9H,5H2,1-2H3,(H,14,16). The predicted octanol–water partition coefficient (Wildman–Crippen LogP) is 0.136. The van der Waals surface area contributed by atoms with E-state index >= 15 is 0 Å². The zero-order chi connectivity index (χ0) is 14.7. The van der Waals surface area contributed by atoms with Crippen LogP contribution in [0.15, 0.2) is 22.6 Å². The number of amides is 1. The van der Waals surface area contributed by atoms with Crippen LogP contribution in [0.1, 0.15) is 6.92 Å². The minimum atomic E-state index is -0.923. The molecule has 0 fully saturated rings. The number of esters is 1. The van der Waals surface area contributed by atoms with Crippen LogP contribution in [-0.4, -0.2) is 34.6 Å². The fourth-order valence-electron chi connectivity index (χ4n) is 1.79. The molecule has 2 aromatic rings. The lowest BCUT2D eigenvalue weighted by atomic mass is 10.3. The lowest BCUT2D eigenvalue weighted by molar-refractivity contribution is -0.145. The van der Waals surface area contributed by atoms with E-state index in [4.69, 9.17) is 0 Å². The van der Waals surface area contributed by atoms with Gasteiger partial charge in [0.05, 0.1) is 25.4 Å². The summed E-state index contributed by atoms with van der Waals surface area (Å²) in [6.45, 7) is 1.27. The lowest BCUT2D eigenvalue weighted by Crippen LogP contribution is -2.45. The van der Waals surface area contributed by atoms with E-state index < -0.39 is 12.0 Å². The van der Waals surface area contributed by atoms with Crippen LogP contribution in [0.2, 0.25) is 0 Å². The number of rotatable bonds is 4. The molecule has 1 unspecified atom stereocenters. The zero-order valence-corrected chi connectivity index (χ0v) is 11.8. The highest BCUT2D eigenvalue weighted by molar-refractivity contribution is 7.16. The largest absolute Gasteiger partial charge is 0.467 e. The first kappa shape index (κ1) is 14.2. The second kappa shape index (κ2) is 5.83. The second-order valence-corrected chi connectivity index (χ2v) is 5.01. The van der Waals surface area contributed by atoms with Crippen LogP contribution in [0.5, 0.6) is 0 Å². The number of carbonyl (C=O) groups is 2. The summed E-state index contributed by atoms with van der Waals surface area (Å²) < 4.78 is 5.89. The molecule has 0 aliphatic carbocycles. The summed E-state index contributed by atoms with van der Waals surface area (Å²) in [7, 11) is 1.22. The first-order valence-electron chi connectivity index (χ1n) is 5.80. The number of ether oxygens (including phenoxy) is 1. The van der Waals surface area contributed by atoms with Crippen LogP contribution >= 0.6 is 11.3 Å². The van der Waals surface area contributed by atoms with Gasteiger partial charge in [-0.3, -0.25) is 14.2 Å². The Labute approximate surface area is 118 Å². The molecular weight excluding hydrogens is 282 g/mol. The minimum absolute atomic E-state index is 0.0239. The van der Waals surface area contributed by atoms with Gasteiger partial charge in [0.25, 0.3) is 5.56 Å². The lowest BCUT2D eigenvalue weighted by Gasteiger charge is -2.16.